The summed E-state index contributed by atoms with van der Waals surface area (Å²) in [4.78, 5) is 6.73. The van der Waals surface area contributed by atoms with Gasteiger partial charge < -0.3 is 5.73 Å². The van der Waals surface area contributed by atoms with Crippen molar-refractivity contribution < 1.29 is 4.39 Å². The molecule has 1 aromatic heterocycles. The van der Waals surface area contributed by atoms with Crippen LogP contribution < -0.4 is 5.73 Å². The van der Waals surface area contributed by atoms with Crippen molar-refractivity contribution in [1.29, 1.82) is 0 Å². The highest BCUT2D eigenvalue weighted by Crippen LogP contribution is 2.16. The summed E-state index contributed by atoms with van der Waals surface area (Å²) in [6, 6.07) is 10.6. The Hall–Kier alpha value is -1.94. The van der Waals surface area contributed by atoms with Gasteiger partial charge in [-0.15, -0.1) is 0 Å². The minimum atomic E-state index is -0.297. The van der Waals surface area contributed by atoms with Crippen molar-refractivity contribution >= 4 is 5.69 Å². The number of pyridine rings is 1. The minimum absolute atomic E-state index is 0.297. The zero-order valence-corrected chi connectivity index (χ0v) is 11.9. The maximum Gasteiger partial charge on any atom is 0.125 e. The van der Waals surface area contributed by atoms with Crippen molar-refractivity contribution in [2.75, 3.05) is 12.3 Å². The minimum Gasteiger partial charge on any atom is -0.398 e. The van der Waals surface area contributed by atoms with Crippen LogP contribution >= 0.6 is 0 Å². The molecular weight excluding hydrogens is 253 g/mol. The highest BCUT2D eigenvalue weighted by atomic mass is 19.1. The van der Waals surface area contributed by atoms with Gasteiger partial charge in [0.25, 0.3) is 0 Å². The van der Waals surface area contributed by atoms with E-state index in [4.69, 9.17) is 5.73 Å². The quantitative estimate of drug-likeness (QED) is 0.851. The first-order valence-corrected chi connectivity index (χ1v) is 6.77. The fraction of sp³-hybridized carbons (Fsp3) is 0.312. The predicted octanol–water partition coefficient (Wildman–Crippen LogP) is 3.13. The van der Waals surface area contributed by atoms with E-state index in [1.165, 1.54) is 12.1 Å². The molecule has 3 nitrogen and oxygen atoms in total. The second-order valence-electron chi connectivity index (χ2n) is 4.92. The fourth-order valence-corrected chi connectivity index (χ4v) is 2.15. The highest BCUT2D eigenvalue weighted by Gasteiger charge is 2.09. The number of aryl methyl sites for hydroxylation is 1. The van der Waals surface area contributed by atoms with Crippen LogP contribution in [0.3, 0.4) is 0 Å². The van der Waals surface area contributed by atoms with Crippen molar-refractivity contribution in [1.82, 2.24) is 9.88 Å². The van der Waals surface area contributed by atoms with Gasteiger partial charge in [0.05, 0.1) is 5.69 Å². The molecule has 0 unspecified atom stereocenters. The second kappa shape index (κ2) is 6.48. The smallest absolute Gasteiger partial charge is 0.125 e. The third-order valence-electron chi connectivity index (χ3n) is 3.28. The molecule has 0 spiro atoms. The molecule has 20 heavy (non-hydrogen) atoms. The molecule has 4 heteroatoms. The third-order valence-corrected chi connectivity index (χ3v) is 3.28. The molecule has 106 valence electrons. The topological polar surface area (TPSA) is 42.2 Å². The van der Waals surface area contributed by atoms with Crippen molar-refractivity contribution in [3.8, 4) is 0 Å². The molecule has 1 heterocycles. The number of nitrogens with two attached hydrogens (primary N) is 1. The lowest BCUT2D eigenvalue weighted by Crippen LogP contribution is -2.23. The van der Waals surface area contributed by atoms with Gasteiger partial charge in [-0.05, 0) is 43.3 Å². The Balaban J connectivity index is 2.09. The Morgan fingerprint density at radius 2 is 2.00 bits per heavy atom. The lowest BCUT2D eigenvalue weighted by molar-refractivity contribution is 0.268. The Labute approximate surface area is 119 Å². The van der Waals surface area contributed by atoms with Gasteiger partial charge in [-0.1, -0.05) is 19.1 Å². The SMILES string of the molecule is CCN(Cc1cccc(C)n1)Cc1ccc(F)cc1N. The number of nitrogens with zero attached hydrogens (tertiary/aromatic N) is 2. The van der Waals surface area contributed by atoms with Crippen LogP contribution in [0.1, 0.15) is 23.9 Å². The summed E-state index contributed by atoms with van der Waals surface area (Å²) in [5.41, 5.74) is 9.35. The van der Waals surface area contributed by atoms with Crippen LogP contribution in [0.2, 0.25) is 0 Å². The normalized spacial score (nSPS) is 11.0. The summed E-state index contributed by atoms with van der Waals surface area (Å²) < 4.78 is 13.1. The number of hydrogen-bond donors (Lipinski definition) is 1. The van der Waals surface area contributed by atoms with Crippen LogP contribution in [0.5, 0.6) is 0 Å². The molecule has 0 aliphatic heterocycles. The molecule has 0 amide bonds. The maximum atomic E-state index is 13.1. The number of rotatable bonds is 5. The summed E-state index contributed by atoms with van der Waals surface area (Å²) in [6.45, 7) is 6.41. The van der Waals surface area contributed by atoms with Crippen molar-refractivity contribution in [2.45, 2.75) is 26.9 Å². The summed E-state index contributed by atoms with van der Waals surface area (Å²) in [5.74, 6) is -0.297. The number of anilines is 1. The molecule has 1 aromatic carbocycles. The lowest BCUT2D eigenvalue weighted by Gasteiger charge is -2.21. The largest absolute Gasteiger partial charge is 0.398 e. The number of hydrogen-bond acceptors (Lipinski definition) is 3. The molecule has 0 fully saturated rings. The monoisotopic (exact) mass is 273 g/mol. The lowest BCUT2D eigenvalue weighted by atomic mass is 10.1. The van der Waals surface area contributed by atoms with Gasteiger partial charge in [0.15, 0.2) is 0 Å². The van der Waals surface area contributed by atoms with E-state index in [1.54, 1.807) is 6.07 Å². The Morgan fingerprint density at radius 1 is 1.20 bits per heavy atom. The first-order valence-electron chi connectivity index (χ1n) is 6.77. The number of nitrogen functional groups attached to an aromatic ring is 1. The van der Waals surface area contributed by atoms with Crippen LogP contribution in [0, 0.1) is 12.7 Å². The van der Waals surface area contributed by atoms with Crippen molar-refractivity contribution in [3.63, 3.8) is 0 Å². The zero-order chi connectivity index (χ0) is 14.5. The van der Waals surface area contributed by atoms with Crippen LogP contribution in [-0.2, 0) is 13.1 Å². The number of benzene rings is 1. The van der Waals surface area contributed by atoms with Crippen molar-refractivity contribution in [3.05, 3.63) is 59.2 Å². The molecule has 2 N–H and O–H groups in total. The Morgan fingerprint density at radius 3 is 2.65 bits per heavy atom. The van der Waals surface area contributed by atoms with Crippen LogP contribution in [0.15, 0.2) is 36.4 Å². The second-order valence-corrected chi connectivity index (χ2v) is 4.92. The molecule has 2 aromatic rings. The molecule has 0 atom stereocenters. The molecule has 0 saturated heterocycles. The standard InChI is InChI=1S/C16H20FN3/c1-3-20(11-15-6-4-5-12(2)19-15)10-13-7-8-14(17)9-16(13)18/h4-9H,3,10-11,18H2,1-2H3. The predicted molar refractivity (Wildman–Crippen MR) is 79.6 cm³/mol. The highest BCUT2D eigenvalue weighted by molar-refractivity contribution is 5.46. The molecule has 2 rings (SSSR count). The van der Waals surface area contributed by atoms with Crippen LogP contribution in [0.25, 0.3) is 0 Å². The molecule has 0 saturated carbocycles. The first-order chi connectivity index (χ1) is 9.58. The van der Waals surface area contributed by atoms with E-state index in [0.717, 1.165) is 30.0 Å². The zero-order valence-electron chi connectivity index (χ0n) is 11.9. The van der Waals surface area contributed by atoms with Crippen LogP contribution in [-0.4, -0.2) is 16.4 Å². The van der Waals surface area contributed by atoms with Gasteiger partial charge in [-0.25, -0.2) is 4.39 Å². The number of aromatic nitrogens is 1. The molecule has 0 aliphatic rings. The van der Waals surface area contributed by atoms with Gasteiger partial charge in [-0.3, -0.25) is 9.88 Å². The van der Waals surface area contributed by atoms with Gasteiger partial charge in [-0.2, -0.15) is 0 Å². The van der Waals surface area contributed by atoms with E-state index in [2.05, 4.69) is 16.8 Å². The average molecular weight is 273 g/mol. The fourth-order valence-electron chi connectivity index (χ4n) is 2.15. The summed E-state index contributed by atoms with van der Waals surface area (Å²) in [6.07, 6.45) is 0. The van der Waals surface area contributed by atoms with Gasteiger partial charge >= 0.3 is 0 Å². The van der Waals surface area contributed by atoms with E-state index in [9.17, 15) is 4.39 Å². The molecular formula is C16H20FN3. The van der Waals surface area contributed by atoms with Gasteiger partial charge in [0.1, 0.15) is 5.82 Å². The summed E-state index contributed by atoms with van der Waals surface area (Å²) >= 11 is 0. The van der Waals surface area contributed by atoms with E-state index < -0.39 is 0 Å². The molecule has 0 radical (unpaired) electrons. The Kier molecular flexibility index (Phi) is 4.69. The van der Waals surface area contributed by atoms with E-state index in [-0.39, 0.29) is 5.82 Å². The third kappa shape index (κ3) is 3.78. The first kappa shape index (κ1) is 14.5. The maximum absolute atomic E-state index is 13.1. The molecule has 0 bridgehead atoms. The van der Waals surface area contributed by atoms with E-state index in [1.807, 2.05) is 25.1 Å². The summed E-state index contributed by atoms with van der Waals surface area (Å²) in [5, 5.41) is 0. The van der Waals surface area contributed by atoms with Gasteiger partial charge in [0.2, 0.25) is 0 Å². The van der Waals surface area contributed by atoms with E-state index in [0.29, 0.717) is 12.2 Å². The average Bonchev–Trinajstić information content (AvgIpc) is 2.41. The van der Waals surface area contributed by atoms with E-state index >= 15 is 0 Å². The molecule has 0 aliphatic carbocycles. The van der Waals surface area contributed by atoms with Crippen LogP contribution in [0.4, 0.5) is 10.1 Å². The summed E-state index contributed by atoms with van der Waals surface area (Å²) in [7, 11) is 0. The van der Waals surface area contributed by atoms with Crippen molar-refractivity contribution in [2.24, 2.45) is 0 Å². The number of halogens is 1. The van der Waals surface area contributed by atoms with Gasteiger partial charge in [0, 0.05) is 24.5 Å². The Bertz CT molecular complexity index is 584.